The van der Waals surface area contributed by atoms with E-state index in [9.17, 15) is 37.7 Å². The fourth-order valence-corrected chi connectivity index (χ4v) is 4.57. The molecule has 5 rings (SSSR count). The van der Waals surface area contributed by atoms with Gasteiger partial charge in [-0.2, -0.15) is 13.2 Å². The molecule has 1 aromatic heterocycles. The Balaban J connectivity index is 1.64. The van der Waals surface area contributed by atoms with E-state index < -0.39 is 35.2 Å². The number of nitrogens with zero attached hydrogens (tertiary/aromatic N) is 2. The Morgan fingerprint density at radius 3 is 2.32 bits per heavy atom. The highest BCUT2D eigenvalue weighted by Crippen LogP contribution is 2.47. The molecule has 0 aliphatic heterocycles. The summed E-state index contributed by atoms with van der Waals surface area (Å²) in [4.78, 5) is 13.9. The van der Waals surface area contributed by atoms with E-state index in [1.165, 1.54) is 18.2 Å². The number of carboxylic acid groups (broad SMARTS) is 1. The first-order valence-corrected chi connectivity index (χ1v) is 12.2. The number of phenols is 1. The molecule has 0 saturated carbocycles. The van der Waals surface area contributed by atoms with Crippen molar-refractivity contribution in [3.8, 4) is 33.9 Å². The summed E-state index contributed by atoms with van der Waals surface area (Å²) in [6.45, 7) is 3.62. The molecule has 0 aliphatic rings. The highest BCUT2D eigenvalue weighted by molar-refractivity contribution is 6.04. The van der Waals surface area contributed by atoms with Crippen molar-refractivity contribution in [1.29, 1.82) is 0 Å². The van der Waals surface area contributed by atoms with Crippen molar-refractivity contribution < 1.29 is 37.7 Å². The van der Waals surface area contributed by atoms with Crippen LogP contribution >= 0.6 is 0 Å². The van der Waals surface area contributed by atoms with Gasteiger partial charge in [-0.3, -0.25) is 0 Å². The van der Waals surface area contributed by atoms with Crippen LogP contribution in [-0.4, -0.2) is 26.3 Å². The van der Waals surface area contributed by atoms with Crippen LogP contribution in [0.25, 0.3) is 33.2 Å². The highest BCUT2D eigenvalue weighted by Gasteiger charge is 2.35. The Hall–Kier alpha value is -5.19. The number of rotatable bonds is 5. The first kappa shape index (κ1) is 27.4. The molecule has 4 aromatic carbocycles. The van der Waals surface area contributed by atoms with Crippen LogP contribution in [0.2, 0.25) is 0 Å². The number of azo groups is 1. The smallest absolute Gasteiger partial charge is 0.417 e. The molecule has 0 atom stereocenters. The number of para-hydroxylation sites is 1. The Bertz CT molecular complexity index is 1880. The number of carbonyl (C=O) groups is 1. The number of carboxylic acids is 1. The van der Waals surface area contributed by atoms with Gasteiger partial charge in [0.2, 0.25) is 5.88 Å². The maximum Gasteiger partial charge on any atom is 0.417 e. The lowest BCUT2D eigenvalue weighted by molar-refractivity contribution is -0.137. The van der Waals surface area contributed by atoms with Crippen LogP contribution in [0.5, 0.6) is 11.6 Å². The van der Waals surface area contributed by atoms with Gasteiger partial charge in [-0.05, 0) is 66.9 Å². The van der Waals surface area contributed by atoms with Gasteiger partial charge in [-0.1, -0.05) is 30.3 Å². The number of nitrogens with one attached hydrogen (secondary N) is 1. The number of aryl methyl sites for hydroxylation is 2. The second-order valence-electron chi connectivity index (χ2n) is 9.40. The molecule has 0 spiro atoms. The summed E-state index contributed by atoms with van der Waals surface area (Å²) < 4.78 is 56.6. The molecule has 7 nitrogen and oxygen atoms in total. The number of phenolic OH excluding ortho intramolecular Hbond substituents is 1. The van der Waals surface area contributed by atoms with Crippen molar-refractivity contribution >= 4 is 28.2 Å². The Morgan fingerprint density at radius 1 is 0.878 bits per heavy atom. The van der Waals surface area contributed by atoms with Crippen molar-refractivity contribution in [3.63, 3.8) is 0 Å². The highest BCUT2D eigenvalue weighted by atomic mass is 19.4. The number of aromatic carboxylic acids is 1. The van der Waals surface area contributed by atoms with Crippen LogP contribution in [0.15, 0.2) is 77.0 Å². The molecule has 5 aromatic rings. The first-order chi connectivity index (χ1) is 19.4. The zero-order chi connectivity index (χ0) is 29.6. The average Bonchev–Trinajstić information content (AvgIpc) is 3.23. The lowest BCUT2D eigenvalue weighted by Crippen LogP contribution is -2.07. The molecule has 208 valence electrons. The van der Waals surface area contributed by atoms with Gasteiger partial charge >= 0.3 is 12.1 Å². The summed E-state index contributed by atoms with van der Waals surface area (Å²) in [5.41, 5.74) is 0.0898. The predicted molar refractivity (Wildman–Crippen MR) is 145 cm³/mol. The number of fused-ring (bicyclic) bond motifs is 1. The number of hydrogen-bond acceptors (Lipinski definition) is 5. The van der Waals surface area contributed by atoms with Crippen molar-refractivity contribution in [1.82, 2.24) is 4.98 Å². The summed E-state index contributed by atoms with van der Waals surface area (Å²) >= 11 is 0. The molecular formula is C30H21F4N3O4. The van der Waals surface area contributed by atoms with E-state index >= 15 is 0 Å². The van der Waals surface area contributed by atoms with E-state index in [-0.39, 0.29) is 50.1 Å². The maximum atomic E-state index is 14.5. The van der Waals surface area contributed by atoms with Crippen LogP contribution in [-0.2, 0) is 6.18 Å². The molecule has 0 saturated heterocycles. The lowest BCUT2D eigenvalue weighted by atomic mass is 9.94. The molecule has 0 aliphatic carbocycles. The minimum absolute atomic E-state index is 0.0138. The first-order valence-electron chi connectivity index (χ1n) is 12.2. The number of alkyl halides is 3. The molecule has 41 heavy (non-hydrogen) atoms. The number of aromatic amines is 1. The van der Waals surface area contributed by atoms with Gasteiger partial charge < -0.3 is 20.3 Å². The summed E-state index contributed by atoms with van der Waals surface area (Å²) in [6, 6.07) is 14.2. The van der Waals surface area contributed by atoms with Gasteiger partial charge in [-0.15, -0.1) is 10.2 Å². The van der Waals surface area contributed by atoms with Gasteiger partial charge in [0.1, 0.15) is 11.5 Å². The Labute approximate surface area is 230 Å². The van der Waals surface area contributed by atoms with Crippen LogP contribution in [0.4, 0.5) is 28.9 Å². The Kier molecular flexibility index (Phi) is 6.74. The third kappa shape index (κ3) is 4.97. The van der Waals surface area contributed by atoms with E-state index in [2.05, 4.69) is 15.2 Å². The topological polar surface area (TPSA) is 118 Å². The number of halogens is 4. The van der Waals surface area contributed by atoms with E-state index in [0.717, 1.165) is 41.5 Å². The van der Waals surface area contributed by atoms with E-state index in [0.29, 0.717) is 0 Å². The molecule has 0 radical (unpaired) electrons. The third-order valence-corrected chi connectivity index (χ3v) is 6.81. The molecule has 0 bridgehead atoms. The number of aromatic hydroxyl groups is 2. The quantitative estimate of drug-likeness (QED) is 0.126. The van der Waals surface area contributed by atoms with Gasteiger partial charge in [0.15, 0.2) is 11.4 Å². The van der Waals surface area contributed by atoms with E-state index in [1.54, 1.807) is 25.1 Å². The second-order valence-corrected chi connectivity index (χ2v) is 9.40. The number of H-pyrrole nitrogens is 1. The standard InChI is InChI=1S/C30H21F4N3O4/c1-14-6-7-16(12-15(14)2)24-21(30(32,33)34)10-9-19-25(24)35-28(39)26(19)37-36-23-5-3-4-18(27(23)38)20-13-17(29(40)41)8-11-22(20)31/h3-13,35,38-39H,1-2H3,(H,40,41). The predicted octanol–water partition coefficient (Wildman–Crippen LogP) is 8.80. The van der Waals surface area contributed by atoms with Gasteiger partial charge in [0, 0.05) is 22.1 Å². The molecule has 0 unspecified atom stereocenters. The summed E-state index contributed by atoms with van der Waals surface area (Å²) in [5.74, 6) is -3.14. The van der Waals surface area contributed by atoms with Crippen molar-refractivity contribution in [3.05, 3.63) is 94.8 Å². The maximum absolute atomic E-state index is 14.5. The molecule has 0 amide bonds. The average molecular weight is 564 g/mol. The van der Waals surface area contributed by atoms with Crippen LogP contribution in [0, 0.1) is 19.7 Å². The summed E-state index contributed by atoms with van der Waals surface area (Å²) in [6.07, 6.45) is -4.69. The zero-order valence-electron chi connectivity index (χ0n) is 21.5. The number of hydrogen-bond donors (Lipinski definition) is 4. The summed E-state index contributed by atoms with van der Waals surface area (Å²) in [7, 11) is 0. The lowest BCUT2D eigenvalue weighted by Gasteiger charge is -2.15. The monoisotopic (exact) mass is 563 g/mol. The normalized spacial score (nSPS) is 12.0. The molecule has 11 heteroatoms. The number of benzene rings is 4. The van der Waals surface area contributed by atoms with E-state index in [4.69, 9.17) is 0 Å². The van der Waals surface area contributed by atoms with Crippen LogP contribution in [0.1, 0.15) is 27.0 Å². The van der Waals surface area contributed by atoms with Gasteiger partial charge in [-0.25, -0.2) is 9.18 Å². The fourth-order valence-electron chi connectivity index (χ4n) is 4.57. The zero-order valence-corrected chi connectivity index (χ0v) is 21.5. The van der Waals surface area contributed by atoms with E-state index in [1.807, 2.05) is 6.92 Å². The molecule has 1 heterocycles. The summed E-state index contributed by atoms with van der Waals surface area (Å²) in [5, 5.41) is 38.8. The van der Waals surface area contributed by atoms with Gasteiger partial charge in [0.25, 0.3) is 0 Å². The minimum atomic E-state index is -4.69. The SMILES string of the molecule is Cc1ccc(-c2c(C(F)(F)F)ccc3c(N=Nc4cccc(-c5cc(C(=O)O)ccc5F)c4O)c(O)[nH]c23)cc1C. The van der Waals surface area contributed by atoms with Crippen molar-refractivity contribution in [2.24, 2.45) is 10.2 Å². The molecular weight excluding hydrogens is 542 g/mol. The van der Waals surface area contributed by atoms with Crippen LogP contribution < -0.4 is 0 Å². The third-order valence-electron chi connectivity index (χ3n) is 6.81. The van der Waals surface area contributed by atoms with Crippen molar-refractivity contribution in [2.75, 3.05) is 0 Å². The number of aromatic nitrogens is 1. The van der Waals surface area contributed by atoms with Gasteiger partial charge in [0.05, 0.1) is 16.6 Å². The largest absolute Gasteiger partial charge is 0.505 e. The minimum Gasteiger partial charge on any atom is -0.505 e. The molecule has 4 N–H and O–H groups in total. The second kappa shape index (κ2) is 10.1. The fraction of sp³-hybridized carbons (Fsp3) is 0.100. The Morgan fingerprint density at radius 2 is 1.63 bits per heavy atom. The molecule has 0 fully saturated rings. The van der Waals surface area contributed by atoms with Crippen LogP contribution in [0.3, 0.4) is 0 Å². The van der Waals surface area contributed by atoms with Crippen molar-refractivity contribution in [2.45, 2.75) is 20.0 Å².